The minimum atomic E-state index is -0.139. The second-order valence-corrected chi connectivity index (χ2v) is 12.5. The molecule has 0 bridgehead atoms. The summed E-state index contributed by atoms with van der Waals surface area (Å²) in [5, 5.41) is 3.66. The fourth-order valence-corrected chi connectivity index (χ4v) is 8.50. The molecule has 202 valence electrons. The number of fused-ring (bicyclic) bond motifs is 9. The van der Waals surface area contributed by atoms with E-state index in [-0.39, 0.29) is 11.6 Å². The number of nitrogens with zero attached hydrogens (tertiary/aromatic N) is 1. The summed E-state index contributed by atoms with van der Waals surface area (Å²) in [5.41, 5.74) is 11.3. The van der Waals surface area contributed by atoms with E-state index in [0.29, 0.717) is 5.92 Å². The highest BCUT2D eigenvalue weighted by Crippen LogP contribution is 2.57. The van der Waals surface area contributed by atoms with Crippen LogP contribution in [0.4, 0.5) is 0 Å². The predicted octanol–water partition coefficient (Wildman–Crippen LogP) is 9.83. The summed E-state index contributed by atoms with van der Waals surface area (Å²) >= 11 is 0. The van der Waals surface area contributed by atoms with Gasteiger partial charge in [0.2, 0.25) is 0 Å². The van der Waals surface area contributed by atoms with Crippen LogP contribution < -0.4 is 0 Å². The summed E-state index contributed by atoms with van der Waals surface area (Å²) in [6, 6.07) is 24.1. The highest BCUT2D eigenvalue weighted by Gasteiger charge is 2.53. The molecule has 0 spiro atoms. The molecule has 3 heterocycles. The fourth-order valence-electron chi connectivity index (χ4n) is 8.50. The Balaban J connectivity index is 1.26. The Morgan fingerprint density at radius 3 is 2.46 bits per heavy atom. The summed E-state index contributed by atoms with van der Waals surface area (Å²) in [6.45, 7) is 4.81. The molecular weight excluding hydrogens is 502 g/mol. The van der Waals surface area contributed by atoms with Crippen molar-refractivity contribution in [2.24, 2.45) is 5.92 Å². The molecule has 0 radical (unpaired) electrons. The molecule has 0 amide bonds. The van der Waals surface area contributed by atoms with Gasteiger partial charge in [0.15, 0.2) is 5.76 Å². The van der Waals surface area contributed by atoms with Crippen LogP contribution >= 0.6 is 0 Å². The van der Waals surface area contributed by atoms with Crippen molar-refractivity contribution in [2.45, 2.75) is 57.5 Å². The lowest BCUT2D eigenvalue weighted by molar-refractivity contribution is 0.178. The zero-order valence-corrected chi connectivity index (χ0v) is 23.6. The molecule has 0 fully saturated rings. The average Bonchev–Trinajstić information content (AvgIpc) is 3.64. The molecule has 2 aromatic heterocycles. The van der Waals surface area contributed by atoms with Crippen molar-refractivity contribution >= 4 is 44.2 Å². The molecule has 3 unspecified atom stereocenters. The number of allylic oxidation sites excluding steroid dienone is 3. The molecule has 3 aliphatic carbocycles. The molecule has 3 atom stereocenters. The summed E-state index contributed by atoms with van der Waals surface area (Å²) in [5.74, 6) is 1.45. The van der Waals surface area contributed by atoms with E-state index in [2.05, 4.69) is 104 Å². The molecule has 5 aromatic rings. The second-order valence-electron chi connectivity index (χ2n) is 12.5. The van der Waals surface area contributed by atoms with E-state index in [9.17, 15) is 0 Å². The number of aryl methyl sites for hydroxylation is 1. The van der Waals surface area contributed by atoms with Gasteiger partial charge in [-0.15, -0.1) is 0 Å². The molecule has 3 aromatic carbocycles. The number of rotatable bonds is 2. The SMILES string of the molecule is CC1=C(c2ccc3oc4ccccc4c3c2)C(N2C3=C(CCc4c3oc3ccccc43)C3C=CC=CC32C)CCC1. The third kappa shape index (κ3) is 3.15. The molecule has 0 saturated carbocycles. The number of para-hydroxylation sites is 2. The van der Waals surface area contributed by atoms with Gasteiger partial charge in [-0.2, -0.15) is 0 Å². The zero-order chi connectivity index (χ0) is 27.3. The molecule has 41 heavy (non-hydrogen) atoms. The highest BCUT2D eigenvalue weighted by atomic mass is 16.3. The Kier molecular flexibility index (Phi) is 4.80. The lowest BCUT2D eigenvalue weighted by Crippen LogP contribution is -2.51. The molecular formula is C38H33NO2. The van der Waals surface area contributed by atoms with Crippen molar-refractivity contribution in [2.75, 3.05) is 0 Å². The van der Waals surface area contributed by atoms with Crippen LogP contribution in [0.15, 0.2) is 111 Å². The summed E-state index contributed by atoms with van der Waals surface area (Å²) in [7, 11) is 0. The van der Waals surface area contributed by atoms with E-state index in [4.69, 9.17) is 8.83 Å². The van der Waals surface area contributed by atoms with E-state index in [1.165, 1.54) is 50.5 Å². The van der Waals surface area contributed by atoms with Gasteiger partial charge in [0.25, 0.3) is 0 Å². The number of furan rings is 2. The lowest BCUT2D eigenvalue weighted by atomic mass is 9.76. The smallest absolute Gasteiger partial charge is 0.154 e. The van der Waals surface area contributed by atoms with Crippen LogP contribution in [0.3, 0.4) is 0 Å². The first-order chi connectivity index (χ1) is 20.1. The number of hydrogen-bond acceptors (Lipinski definition) is 3. The molecule has 4 aliphatic rings. The van der Waals surface area contributed by atoms with Crippen LogP contribution in [0.2, 0.25) is 0 Å². The molecule has 1 aliphatic heterocycles. The van der Waals surface area contributed by atoms with Crippen molar-refractivity contribution in [1.29, 1.82) is 0 Å². The maximum Gasteiger partial charge on any atom is 0.154 e. The molecule has 9 rings (SSSR count). The van der Waals surface area contributed by atoms with Gasteiger partial charge in [0, 0.05) is 27.6 Å². The van der Waals surface area contributed by atoms with Gasteiger partial charge in [0.05, 0.1) is 17.3 Å². The van der Waals surface area contributed by atoms with Crippen molar-refractivity contribution < 1.29 is 8.83 Å². The predicted molar refractivity (Wildman–Crippen MR) is 167 cm³/mol. The fraction of sp³-hybridized carbons (Fsp3) is 0.263. The van der Waals surface area contributed by atoms with Gasteiger partial charge < -0.3 is 13.7 Å². The Hall–Kier alpha value is -4.24. The number of benzene rings is 3. The summed E-state index contributed by atoms with van der Waals surface area (Å²) in [6.07, 6.45) is 15.0. The van der Waals surface area contributed by atoms with Gasteiger partial charge in [-0.05, 0) is 86.9 Å². The summed E-state index contributed by atoms with van der Waals surface area (Å²) < 4.78 is 13.0. The average molecular weight is 536 g/mol. The maximum absolute atomic E-state index is 6.76. The maximum atomic E-state index is 6.76. The van der Waals surface area contributed by atoms with Gasteiger partial charge in [-0.1, -0.05) is 72.3 Å². The van der Waals surface area contributed by atoms with Crippen LogP contribution in [0.5, 0.6) is 0 Å². The minimum Gasteiger partial charge on any atom is -0.456 e. The standard InChI is InChI=1S/C38H33NO2/c1-23-10-9-14-31(35(23)24-17-20-34-29(22-24)26-12-4-5-15-32(26)40-34)39-36-28(30-13-7-8-21-38(30,39)2)19-18-27-25-11-3-6-16-33(25)41-37(27)36/h3-8,11-13,15-17,20-22,30-31H,9-10,14,18-19H2,1-2H3. The first-order valence-electron chi connectivity index (χ1n) is 15.1. The Morgan fingerprint density at radius 1 is 0.805 bits per heavy atom. The monoisotopic (exact) mass is 535 g/mol. The molecule has 0 N–H and O–H groups in total. The van der Waals surface area contributed by atoms with E-state index in [1.807, 2.05) is 6.07 Å². The van der Waals surface area contributed by atoms with Crippen molar-refractivity contribution in [3.8, 4) is 0 Å². The van der Waals surface area contributed by atoms with Crippen molar-refractivity contribution in [3.05, 3.63) is 119 Å². The summed E-state index contributed by atoms with van der Waals surface area (Å²) in [4.78, 5) is 2.78. The quantitative estimate of drug-likeness (QED) is 0.225. The van der Waals surface area contributed by atoms with Crippen LogP contribution in [0.25, 0.3) is 44.2 Å². The van der Waals surface area contributed by atoms with Gasteiger partial charge in [0.1, 0.15) is 16.7 Å². The first-order valence-corrected chi connectivity index (χ1v) is 15.1. The van der Waals surface area contributed by atoms with E-state index >= 15 is 0 Å². The van der Waals surface area contributed by atoms with Crippen LogP contribution in [-0.4, -0.2) is 16.5 Å². The van der Waals surface area contributed by atoms with Crippen LogP contribution in [0, 0.1) is 5.92 Å². The van der Waals surface area contributed by atoms with E-state index < -0.39 is 0 Å². The third-order valence-corrected chi connectivity index (χ3v) is 10.3. The topological polar surface area (TPSA) is 29.5 Å². The number of hydrogen-bond donors (Lipinski definition) is 0. The Morgan fingerprint density at radius 2 is 1.59 bits per heavy atom. The van der Waals surface area contributed by atoms with Crippen molar-refractivity contribution in [3.63, 3.8) is 0 Å². The Labute approximate surface area is 240 Å². The lowest BCUT2D eigenvalue weighted by Gasteiger charge is -2.47. The molecule has 0 saturated heterocycles. The van der Waals surface area contributed by atoms with E-state index in [0.717, 1.165) is 48.2 Å². The molecule has 3 heteroatoms. The minimum absolute atomic E-state index is 0.139. The van der Waals surface area contributed by atoms with Crippen LogP contribution in [-0.2, 0) is 6.42 Å². The highest BCUT2D eigenvalue weighted by molar-refractivity contribution is 6.06. The van der Waals surface area contributed by atoms with Gasteiger partial charge >= 0.3 is 0 Å². The van der Waals surface area contributed by atoms with Crippen LogP contribution in [0.1, 0.15) is 56.4 Å². The zero-order valence-electron chi connectivity index (χ0n) is 23.6. The van der Waals surface area contributed by atoms with E-state index in [1.54, 1.807) is 5.57 Å². The van der Waals surface area contributed by atoms with Crippen molar-refractivity contribution in [1.82, 2.24) is 4.90 Å². The van der Waals surface area contributed by atoms with Gasteiger partial charge in [-0.3, -0.25) is 0 Å². The second kappa shape index (κ2) is 8.39. The normalized spacial score (nSPS) is 25.5. The van der Waals surface area contributed by atoms with Gasteiger partial charge in [-0.25, -0.2) is 0 Å². The third-order valence-electron chi connectivity index (χ3n) is 10.3. The first kappa shape index (κ1) is 23.5. The Bertz CT molecular complexity index is 2030. The molecule has 3 nitrogen and oxygen atoms in total. The largest absolute Gasteiger partial charge is 0.456 e.